The number of likely N-dealkylation sites (N-methyl/N-ethyl adjacent to an activating group) is 1. The van der Waals surface area contributed by atoms with Gasteiger partial charge in [0.25, 0.3) is 5.88 Å². The zero-order chi connectivity index (χ0) is 20.6. The third kappa shape index (κ3) is 3.80. The molecule has 7 nitrogen and oxygen atoms in total. The number of allylic oxidation sites excluding steroid dienone is 3. The highest BCUT2D eigenvalue weighted by molar-refractivity contribution is 6.49. The molecule has 2 aromatic rings. The predicted octanol–water partition coefficient (Wildman–Crippen LogP) is 2.96. The number of halogens is 1. The van der Waals surface area contributed by atoms with Gasteiger partial charge in [-0.15, -0.1) is 5.10 Å². The SMILES string of the molecule is CC1=C/C(=N\c2c(OCC[N+]3(C)CCCC3)nn3ccccc23)C(N)=C(Cl)C1=O. The molecular weight excluding hydrogens is 390 g/mol. The lowest BCUT2D eigenvalue weighted by molar-refractivity contribution is -0.897. The number of quaternary nitrogens is 1. The molecule has 0 saturated carbocycles. The van der Waals surface area contributed by atoms with Crippen molar-refractivity contribution in [2.24, 2.45) is 10.7 Å². The van der Waals surface area contributed by atoms with E-state index in [-0.39, 0.29) is 16.5 Å². The number of pyridine rings is 1. The van der Waals surface area contributed by atoms with E-state index >= 15 is 0 Å². The van der Waals surface area contributed by atoms with Crippen LogP contribution >= 0.6 is 11.6 Å². The van der Waals surface area contributed by atoms with Crippen molar-refractivity contribution in [2.75, 3.05) is 33.3 Å². The van der Waals surface area contributed by atoms with Crippen LogP contribution in [0.4, 0.5) is 5.69 Å². The fraction of sp³-hybridized carbons (Fsp3) is 0.381. The van der Waals surface area contributed by atoms with Gasteiger partial charge in [-0.2, -0.15) is 0 Å². The van der Waals surface area contributed by atoms with Gasteiger partial charge >= 0.3 is 0 Å². The molecule has 0 aromatic carbocycles. The summed E-state index contributed by atoms with van der Waals surface area (Å²) in [6.45, 7) is 5.53. The van der Waals surface area contributed by atoms with E-state index in [1.165, 1.54) is 25.9 Å². The first-order valence-corrected chi connectivity index (χ1v) is 10.2. The van der Waals surface area contributed by atoms with Crippen molar-refractivity contribution in [2.45, 2.75) is 19.8 Å². The minimum atomic E-state index is -0.276. The highest BCUT2D eigenvalue weighted by Gasteiger charge is 2.27. The van der Waals surface area contributed by atoms with Crippen LogP contribution in [0.15, 0.2) is 51.8 Å². The van der Waals surface area contributed by atoms with Gasteiger partial charge in [-0.05, 0) is 25.1 Å². The number of hydrogen-bond donors (Lipinski definition) is 1. The van der Waals surface area contributed by atoms with E-state index in [0.717, 1.165) is 16.5 Å². The van der Waals surface area contributed by atoms with Crippen LogP contribution in [0, 0.1) is 0 Å². The lowest BCUT2D eigenvalue weighted by atomic mass is 10.0. The zero-order valence-corrected chi connectivity index (χ0v) is 17.4. The second-order valence-electron chi connectivity index (χ2n) is 7.91. The summed E-state index contributed by atoms with van der Waals surface area (Å²) in [7, 11) is 2.27. The Morgan fingerprint density at radius 1 is 1.34 bits per heavy atom. The molecule has 1 saturated heterocycles. The molecular formula is C21H25ClN5O2+. The summed E-state index contributed by atoms with van der Waals surface area (Å²) >= 11 is 6.11. The van der Waals surface area contributed by atoms with Crippen LogP contribution in [0.5, 0.6) is 5.88 Å². The van der Waals surface area contributed by atoms with Crippen LogP contribution in [0.25, 0.3) is 5.52 Å². The normalized spacial score (nSPS) is 20.6. The molecule has 29 heavy (non-hydrogen) atoms. The van der Waals surface area contributed by atoms with Crippen molar-refractivity contribution < 1.29 is 14.0 Å². The molecule has 1 aliphatic carbocycles. The number of carbonyl (C=O) groups is 1. The van der Waals surface area contributed by atoms with Crippen LogP contribution < -0.4 is 10.5 Å². The summed E-state index contributed by atoms with van der Waals surface area (Å²) in [5.41, 5.74) is 8.54. The second-order valence-corrected chi connectivity index (χ2v) is 8.29. The van der Waals surface area contributed by atoms with Crippen LogP contribution in [-0.4, -0.2) is 58.9 Å². The first-order valence-electron chi connectivity index (χ1n) is 9.79. The Balaban J connectivity index is 1.68. The van der Waals surface area contributed by atoms with E-state index in [4.69, 9.17) is 27.1 Å². The number of ether oxygens (including phenoxy) is 1. The molecule has 1 fully saturated rings. The topological polar surface area (TPSA) is 82.0 Å². The van der Waals surface area contributed by atoms with Crippen molar-refractivity contribution in [1.29, 1.82) is 0 Å². The quantitative estimate of drug-likeness (QED) is 0.602. The molecule has 0 amide bonds. The van der Waals surface area contributed by atoms with Gasteiger partial charge in [0, 0.05) is 24.6 Å². The molecule has 2 N–H and O–H groups in total. The summed E-state index contributed by atoms with van der Waals surface area (Å²) in [6, 6.07) is 5.73. The molecule has 0 unspecified atom stereocenters. The van der Waals surface area contributed by atoms with E-state index in [9.17, 15) is 4.79 Å². The summed E-state index contributed by atoms with van der Waals surface area (Å²) < 4.78 is 8.82. The number of likely N-dealkylation sites (tertiary alicyclic amines) is 1. The lowest BCUT2D eigenvalue weighted by Crippen LogP contribution is -2.43. The van der Waals surface area contributed by atoms with Crippen molar-refractivity contribution in [3.8, 4) is 5.88 Å². The maximum Gasteiger partial charge on any atom is 0.260 e. The van der Waals surface area contributed by atoms with Gasteiger partial charge in [0.05, 0.1) is 37.1 Å². The third-order valence-corrected chi connectivity index (χ3v) is 6.03. The zero-order valence-electron chi connectivity index (χ0n) is 16.7. The minimum absolute atomic E-state index is 0.00542. The first kappa shape index (κ1) is 19.7. The average Bonchev–Trinajstić information content (AvgIpc) is 3.29. The average molecular weight is 415 g/mol. The standard InChI is InChI=1S/C21H24ClN5O2/c1-14-13-15(18(23)17(22)20(14)28)24-19-16-7-3-4-8-26(16)25-21(19)29-12-11-27(2)9-5-6-10-27/h3-4,7-8,13H,5-6,9-12H2,1-2H3,(H-,23,28)/p+1/b24-15+. The van der Waals surface area contributed by atoms with E-state index in [0.29, 0.717) is 29.5 Å². The molecule has 2 aromatic heterocycles. The number of fused-ring (bicyclic) bond motifs is 1. The number of aromatic nitrogens is 2. The molecule has 0 spiro atoms. The highest BCUT2D eigenvalue weighted by atomic mass is 35.5. The summed E-state index contributed by atoms with van der Waals surface area (Å²) in [6.07, 6.45) is 6.02. The summed E-state index contributed by atoms with van der Waals surface area (Å²) in [4.78, 5) is 16.7. The van der Waals surface area contributed by atoms with Crippen LogP contribution in [0.1, 0.15) is 19.8 Å². The van der Waals surface area contributed by atoms with Crippen molar-refractivity contribution in [3.05, 3.63) is 46.8 Å². The Kier molecular flexibility index (Phi) is 5.19. The van der Waals surface area contributed by atoms with E-state index in [1.54, 1.807) is 17.5 Å². The van der Waals surface area contributed by atoms with Crippen molar-refractivity contribution >= 4 is 34.3 Å². The Bertz CT molecular complexity index is 1060. The van der Waals surface area contributed by atoms with Gasteiger partial charge in [-0.25, -0.2) is 9.51 Å². The fourth-order valence-corrected chi connectivity index (χ4v) is 4.07. The number of ketones is 1. The molecule has 3 heterocycles. The minimum Gasteiger partial charge on any atom is -0.469 e. The van der Waals surface area contributed by atoms with E-state index in [1.807, 2.05) is 24.4 Å². The fourth-order valence-electron chi connectivity index (χ4n) is 3.82. The first-order chi connectivity index (χ1) is 13.9. The van der Waals surface area contributed by atoms with Gasteiger partial charge in [0.1, 0.15) is 18.2 Å². The lowest BCUT2D eigenvalue weighted by Gasteiger charge is -2.28. The number of aliphatic imine (C=N–C) groups is 1. The Morgan fingerprint density at radius 3 is 2.86 bits per heavy atom. The van der Waals surface area contributed by atoms with Crippen LogP contribution in [-0.2, 0) is 4.79 Å². The van der Waals surface area contributed by atoms with Gasteiger partial charge in [-0.1, -0.05) is 17.7 Å². The third-order valence-electron chi connectivity index (χ3n) is 5.65. The number of nitrogens with two attached hydrogens (primary N) is 1. The van der Waals surface area contributed by atoms with E-state index < -0.39 is 0 Å². The van der Waals surface area contributed by atoms with Crippen LogP contribution in [0.2, 0.25) is 0 Å². The van der Waals surface area contributed by atoms with Gasteiger partial charge in [0.15, 0.2) is 5.69 Å². The number of nitrogens with zero attached hydrogens (tertiary/aromatic N) is 4. The number of hydrogen-bond acceptors (Lipinski definition) is 5. The van der Waals surface area contributed by atoms with E-state index in [2.05, 4.69) is 12.1 Å². The maximum atomic E-state index is 12.0. The summed E-state index contributed by atoms with van der Waals surface area (Å²) in [5, 5.41) is 4.54. The molecule has 0 atom stereocenters. The largest absolute Gasteiger partial charge is 0.469 e. The highest BCUT2D eigenvalue weighted by Crippen LogP contribution is 2.33. The Morgan fingerprint density at radius 2 is 2.10 bits per heavy atom. The van der Waals surface area contributed by atoms with Gasteiger partial charge < -0.3 is 15.0 Å². The second kappa shape index (κ2) is 7.65. The number of carbonyl (C=O) groups excluding carboxylic acids is 1. The molecule has 1 aliphatic heterocycles. The van der Waals surface area contributed by atoms with Crippen molar-refractivity contribution in [1.82, 2.24) is 9.61 Å². The predicted molar refractivity (Wildman–Crippen MR) is 114 cm³/mol. The molecule has 8 heteroatoms. The monoisotopic (exact) mass is 414 g/mol. The number of Topliss-reactive ketones (excluding diaryl/α,β-unsaturated/α-hetero) is 1. The van der Waals surface area contributed by atoms with Crippen LogP contribution in [0.3, 0.4) is 0 Å². The smallest absolute Gasteiger partial charge is 0.260 e. The molecule has 2 aliphatic rings. The molecule has 0 radical (unpaired) electrons. The van der Waals surface area contributed by atoms with Gasteiger partial charge in [0.2, 0.25) is 5.78 Å². The maximum absolute atomic E-state index is 12.0. The molecule has 4 rings (SSSR count). The summed E-state index contributed by atoms with van der Waals surface area (Å²) in [5.74, 6) is 0.170. The van der Waals surface area contributed by atoms with Crippen molar-refractivity contribution in [3.63, 3.8) is 0 Å². The molecule has 152 valence electrons. The van der Waals surface area contributed by atoms with Gasteiger partial charge in [-0.3, -0.25) is 4.79 Å². The Labute approximate surface area is 174 Å². The molecule has 0 bridgehead atoms. The Hall–Kier alpha value is -2.64. The number of rotatable bonds is 5.